The number of hydrogen-bond donors (Lipinski definition) is 4. The first-order valence-electron chi connectivity index (χ1n) is 19.6. The highest BCUT2D eigenvalue weighted by Crippen LogP contribution is 2.48. The van der Waals surface area contributed by atoms with Crippen LogP contribution in [0.1, 0.15) is 135 Å². The molecule has 1 aliphatic heterocycles. The summed E-state index contributed by atoms with van der Waals surface area (Å²) in [6.45, 7) is 5.11. The Morgan fingerprint density at radius 2 is 1.53 bits per heavy atom. The first-order valence-corrected chi connectivity index (χ1v) is 21.2. The van der Waals surface area contributed by atoms with E-state index in [1.165, 1.54) is 108 Å². The van der Waals surface area contributed by atoms with Crippen LogP contribution in [0.25, 0.3) is 5.52 Å². The predicted octanol–water partition coefficient (Wildman–Crippen LogP) is 7.85. The summed E-state index contributed by atoms with van der Waals surface area (Å²) < 4.78 is 38.9. The van der Waals surface area contributed by atoms with E-state index in [0.29, 0.717) is 11.2 Å². The molecule has 1 aliphatic rings. The smallest absolute Gasteiger partial charge is 0.459 e. The highest BCUT2D eigenvalue weighted by atomic mass is 31.2. The number of rotatable bonds is 26. The van der Waals surface area contributed by atoms with Gasteiger partial charge in [-0.2, -0.15) is 10.2 Å². The van der Waals surface area contributed by atoms with Crippen LogP contribution in [-0.2, 0) is 23.4 Å². The van der Waals surface area contributed by atoms with Crippen molar-refractivity contribution in [2.75, 3.05) is 18.9 Å². The number of benzene rings is 1. The molecule has 13 nitrogen and oxygen atoms in total. The molecule has 2 aromatic heterocycles. The van der Waals surface area contributed by atoms with Gasteiger partial charge in [-0.1, -0.05) is 121 Å². The molecule has 3 aromatic rings. The Kier molecular flexibility index (Phi) is 17.5. The molecule has 3 heterocycles. The monoisotopic (exact) mass is 759 g/mol. The fraction of sp³-hybridized carbons (Fsp3) is 0.667. The minimum Gasteiger partial charge on any atom is -0.465 e. The number of aliphatic hydroxyl groups excluding tert-OH is 2. The van der Waals surface area contributed by atoms with Crippen molar-refractivity contribution in [3.8, 4) is 5.75 Å². The predicted molar refractivity (Wildman–Crippen MR) is 205 cm³/mol. The summed E-state index contributed by atoms with van der Waals surface area (Å²) in [6, 6.07) is 10.7. The summed E-state index contributed by atoms with van der Waals surface area (Å²) in [5.74, 6) is -0.107. The van der Waals surface area contributed by atoms with Gasteiger partial charge in [0.1, 0.15) is 47.5 Å². The molecule has 1 aromatic carbocycles. The number of unbranched alkanes of at least 4 members (excludes halogenated alkanes) is 15. The van der Waals surface area contributed by atoms with E-state index >= 15 is 0 Å². The molecule has 0 amide bonds. The molecule has 4 rings (SSSR count). The summed E-state index contributed by atoms with van der Waals surface area (Å²) in [5, 5.41) is 29.0. The van der Waals surface area contributed by atoms with Crippen molar-refractivity contribution in [3.63, 3.8) is 0 Å². The van der Waals surface area contributed by atoms with Crippen LogP contribution in [0.2, 0.25) is 0 Å². The number of nitrogen functional groups attached to an aromatic ring is 1. The van der Waals surface area contributed by atoms with Crippen LogP contribution in [0.5, 0.6) is 5.75 Å². The number of fused-ring (bicyclic) bond motifs is 1. The number of nitrogens with zero attached hydrogens (tertiary/aromatic N) is 3. The maximum absolute atomic E-state index is 14.1. The zero-order valence-corrected chi connectivity index (χ0v) is 32.8. The second kappa shape index (κ2) is 21.7. The number of nitrogens with two attached hydrogens (primary N) is 1. The molecule has 1 unspecified atom stereocenters. The van der Waals surface area contributed by atoms with Gasteiger partial charge in [-0.3, -0.25) is 9.32 Å². The lowest BCUT2D eigenvalue weighted by Gasteiger charge is -2.30. The van der Waals surface area contributed by atoms with Crippen molar-refractivity contribution >= 4 is 25.1 Å². The Labute approximate surface area is 314 Å². The lowest BCUT2D eigenvalue weighted by Crippen LogP contribution is -2.45. The summed E-state index contributed by atoms with van der Waals surface area (Å²) in [4.78, 5) is 16.9. The minimum atomic E-state index is -4.26. The third-order valence-electron chi connectivity index (χ3n) is 9.90. The van der Waals surface area contributed by atoms with Gasteiger partial charge in [-0.05, 0) is 44.5 Å². The Bertz CT molecular complexity index is 1560. The van der Waals surface area contributed by atoms with Crippen molar-refractivity contribution in [2.24, 2.45) is 0 Å². The highest BCUT2D eigenvalue weighted by molar-refractivity contribution is 7.52. The van der Waals surface area contributed by atoms with Gasteiger partial charge in [0.25, 0.3) is 0 Å². The number of ether oxygens (including phenoxy) is 2. The van der Waals surface area contributed by atoms with Crippen LogP contribution in [0.3, 0.4) is 0 Å². The van der Waals surface area contributed by atoms with E-state index < -0.39 is 50.3 Å². The Morgan fingerprint density at radius 3 is 2.13 bits per heavy atom. The van der Waals surface area contributed by atoms with Crippen LogP contribution < -0.4 is 15.3 Å². The zero-order valence-electron chi connectivity index (χ0n) is 31.9. The van der Waals surface area contributed by atoms with E-state index in [2.05, 4.69) is 22.1 Å². The number of carbonyl (C=O) groups is 1. The SMILES string of the molecule is CCCCCCCCCCCCCCCCCCOC(=O)[C@H](C)NP(=O)(OC[C@@]1(C)O[C@@H](c2ccc3c(N)ncnn23)[C@H](O)[C@@H]1O)Oc1ccccc1. The van der Waals surface area contributed by atoms with Gasteiger partial charge in [0.2, 0.25) is 0 Å². The number of carbonyl (C=O) groups excluding carboxylic acids is 1. The molecule has 53 heavy (non-hydrogen) atoms. The fourth-order valence-corrected chi connectivity index (χ4v) is 8.25. The quantitative estimate of drug-likeness (QED) is 0.0354. The number of aromatic nitrogens is 3. The number of para-hydroxylation sites is 1. The molecular formula is C39H62N5O8P. The van der Waals surface area contributed by atoms with Gasteiger partial charge in [0, 0.05) is 0 Å². The number of anilines is 1. The summed E-state index contributed by atoms with van der Waals surface area (Å²) in [6.07, 6.45) is 17.6. The van der Waals surface area contributed by atoms with Crippen molar-refractivity contribution in [1.82, 2.24) is 19.7 Å². The molecule has 0 bridgehead atoms. The number of aliphatic hydroxyl groups is 2. The van der Waals surface area contributed by atoms with Gasteiger partial charge < -0.3 is 29.9 Å². The summed E-state index contributed by atoms with van der Waals surface area (Å²) >= 11 is 0. The molecule has 0 spiro atoms. The Balaban J connectivity index is 1.19. The molecule has 296 valence electrons. The van der Waals surface area contributed by atoms with Gasteiger partial charge in [-0.15, -0.1) is 0 Å². The van der Waals surface area contributed by atoms with Crippen molar-refractivity contribution < 1.29 is 38.1 Å². The van der Waals surface area contributed by atoms with Crippen LogP contribution in [0, 0.1) is 0 Å². The van der Waals surface area contributed by atoms with E-state index in [-0.39, 0.29) is 18.2 Å². The average Bonchev–Trinajstić information content (AvgIpc) is 3.68. The fourth-order valence-electron chi connectivity index (χ4n) is 6.66. The summed E-state index contributed by atoms with van der Waals surface area (Å²) in [7, 11) is -4.26. The molecular weight excluding hydrogens is 697 g/mol. The molecule has 14 heteroatoms. The molecule has 0 aliphatic carbocycles. The van der Waals surface area contributed by atoms with E-state index in [1.54, 1.807) is 42.5 Å². The van der Waals surface area contributed by atoms with Crippen molar-refractivity contribution in [2.45, 2.75) is 153 Å². The van der Waals surface area contributed by atoms with Crippen LogP contribution >= 0.6 is 7.75 Å². The molecule has 0 radical (unpaired) electrons. The Hall–Kier alpha value is -3.06. The number of nitrogens with one attached hydrogen (secondary N) is 1. The van der Waals surface area contributed by atoms with Crippen molar-refractivity contribution in [3.05, 3.63) is 54.5 Å². The minimum absolute atomic E-state index is 0.241. The topological polar surface area (TPSA) is 180 Å². The maximum atomic E-state index is 14.1. The third-order valence-corrected chi connectivity index (χ3v) is 11.5. The van der Waals surface area contributed by atoms with E-state index in [0.717, 1.165) is 19.3 Å². The lowest BCUT2D eigenvalue weighted by molar-refractivity contribution is -0.145. The van der Waals surface area contributed by atoms with Crippen LogP contribution in [-0.4, -0.2) is 67.8 Å². The summed E-state index contributed by atoms with van der Waals surface area (Å²) in [5.41, 5.74) is 5.38. The molecule has 5 N–H and O–H groups in total. The second-order valence-electron chi connectivity index (χ2n) is 14.5. The third kappa shape index (κ3) is 13.0. The van der Waals surface area contributed by atoms with Gasteiger partial charge >= 0.3 is 13.7 Å². The largest absolute Gasteiger partial charge is 0.465 e. The first-order chi connectivity index (χ1) is 25.6. The zero-order chi connectivity index (χ0) is 38.1. The Morgan fingerprint density at radius 1 is 0.943 bits per heavy atom. The van der Waals surface area contributed by atoms with E-state index in [4.69, 9.17) is 24.3 Å². The van der Waals surface area contributed by atoms with Crippen molar-refractivity contribution in [1.29, 1.82) is 0 Å². The maximum Gasteiger partial charge on any atom is 0.459 e. The van der Waals surface area contributed by atoms with E-state index in [1.807, 2.05) is 0 Å². The molecule has 0 saturated carbocycles. The number of hydrogen-bond acceptors (Lipinski definition) is 11. The highest BCUT2D eigenvalue weighted by Gasteiger charge is 2.54. The normalized spacial score (nSPS) is 21.8. The standard InChI is InChI=1S/C39H62N5O8P/c1-4-5-6-7-8-9-10-11-12-13-14-15-16-17-18-22-27-49-38(47)30(2)43-53(48,52-31-23-20-19-21-24-31)50-28-39(3)36(46)34(45)35(51-39)32-25-26-33-37(40)41-29-42-44(32)33/h19-21,23-26,29-30,34-36,45-46H,4-18,22,27-28H2,1-3H3,(H,43,48)(H2,40,41,42)/t30-,34-,35-,36-,39+,53?/m0/s1. The van der Waals surface area contributed by atoms with E-state index in [9.17, 15) is 19.6 Å². The van der Waals surface area contributed by atoms with Crippen LogP contribution in [0.4, 0.5) is 5.82 Å². The van der Waals surface area contributed by atoms with Gasteiger partial charge in [-0.25, -0.2) is 14.1 Å². The second-order valence-corrected chi connectivity index (χ2v) is 16.2. The molecule has 6 atom stereocenters. The van der Waals surface area contributed by atoms with Gasteiger partial charge in [0.15, 0.2) is 5.82 Å². The lowest BCUT2D eigenvalue weighted by atomic mass is 9.97. The number of esters is 1. The molecule has 1 saturated heterocycles. The van der Waals surface area contributed by atoms with Gasteiger partial charge in [0.05, 0.1) is 18.9 Å². The molecule has 1 fully saturated rings. The van der Waals surface area contributed by atoms with Crippen LogP contribution in [0.15, 0.2) is 48.8 Å². The average molecular weight is 760 g/mol. The first kappa shape index (κ1) is 42.7.